The predicted molar refractivity (Wildman–Crippen MR) is 99.7 cm³/mol. The quantitative estimate of drug-likeness (QED) is 0.735. The van der Waals surface area contributed by atoms with Gasteiger partial charge in [-0.15, -0.1) is 0 Å². The molecule has 0 unspecified atom stereocenters. The molecule has 1 aliphatic heterocycles. The molecule has 0 aliphatic carbocycles. The molecule has 0 radical (unpaired) electrons. The van der Waals surface area contributed by atoms with E-state index in [1.54, 1.807) is 24.1 Å². The second kappa shape index (κ2) is 10.0. The van der Waals surface area contributed by atoms with Crippen molar-refractivity contribution in [1.29, 1.82) is 0 Å². The Bertz CT molecular complexity index is 631. The van der Waals surface area contributed by atoms with Crippen molar-refractivity contribution in [2.24, 2.45) is 0 Å². The highest BCUT2D eigenvalue weighted by Crippen LogP contribution is 2.38. The highest BCUT2D eigenvalue weighted by molar-refractivity contribution is 5.95. The Morgan fingerprint density at radius 3 is 2.11 bits per heavy atom. The minimum absolute atomic E-state index is 0.0220. The summed E-state index contributed by atoms with van der Waals surface area (Å²) in [4.78, 5) is 26.4. The molecule has 2 amide bonds. The lowest BCUT2D eigenvalue weighted by atomic mass is 10.0. The number of methoxy groups -OCH3 is 4. The lowest BCUT2D eigenvalue weighted by molar-refractivity contribution is -0.122. The van der Waals surface area contributed by atoms with Gasteiger partial charge in [-0.2, -0.15) is 0 Å². The van der Waals surface area contributed by atoms with Gasteiger partial charge in [-0.3, -0.25) is 9.59 Å². The Labute approximate surface area is 159 Å². The summed E-state index contributed by atoms with van der Waals surface area (Å²) in [5.41, 5.74) is 0.479. The van der Waals surface area contributed by atoms with Gasteiger partial charge in [0.25, 0.3) is 5.91 Å². The summed E-state index contributed by atoms with van der Waals surface area (Å²) in [6.07, 6.45) is 1.78. The number of carbonyl (C=O) groups excluding carboxylic acids is 2. The minimum atomic E-state index is -0.0987. The van der Waals surface area contributed by atoms with Gasteiger partial charge in [0.05, 0.1) is 27.9 Å². The lowest BCUT2D eigenvalue weighted by Crippen LogP contribution is -2.46. The number of carbonyl (C=O) groups is 2. The maximum Gasteiger partial charge on any atom is 0.254 e. The largest absolute Gasteiger partial charge is 0.493 e. The van der Waals surface area contributed by atoms with Crippen molar-refractivity contribution in [1.82, 2.24) is 10.2 Å². The average molecular weight is 380 g/mol. The number of hydrogen-bond donors (Lipinski definition) is 1. The first-order chi connectivity index (χ1) is 13.0. The monoisotopic (exact) mass is 380 g/mol. The van der Waals surface area contributed by atoms with Crippen molar-refractivity contribution in [3.8, 4) is 17.2 Å². The zero-order valence-corrected chi connectivity index (χ0v) is 16.4. The summed E-state index contributed by atoms with van der Waals surface area (Å²) in [7, 11) is 6.13. The molecule has 2 rings (SSSR count). The molecular weight excluding hydrogens is 352 g/mol. The molecule has 150 valence electrons. The van der Waals surface area contributed by atoms with Crippen LogP contribution in [0.25, 0.3) is 0 Å². The van der Waals surface area contributed by atoms with Crippen molar-refractivity contribution in [2.75, 3.05) is 48.1 Å². The number of ether oxygens (including phenoxy) is 4. The van der Waals surface area contributed by atoms with Gasteiger partial charge in [-0.05, 0) is 25.0 Å². The Kier molecular flexibility index (Phi) is 7.72. The van der Waals surface area contributed by atoms with Crippen molar-refractivity contribution >= 4 is 11.8 Å². The van der Waals surface area contributed by atoms with E-state index in [0.29, 0.717) is 48.9 Å². The zero-order valence-electron chi connectivity index (χ0n) is 16.4. The van der Waals surface area contributed by atoms with Crippen molar-refractivity contribution < 1.29 is 28.5 Å². The maximum absolute atomic E-state index is 12.9. The van der Waals surface area contributed by atoms with Gasteiger partial charge in [0, 0.05) is 38.2 Å². The molecule has 27 heavy (non-hydrogen) atoms. The molecule has 0 spiro atoms. The molecule has 1 N–H and O–H groups in total. The second-order valence-electron chi connectivity index (χ2n) is 6.29. The molecule has 0 saturated carbocycles. The lowest BCUT2D eigenvalue weighted by Gasteiger charge is -2.32. The van der Waals surface area contributed by atoms with Gasteiger partial charge in [-0.25, -0.2) is 0 Å². The molecule has 0 aromatic heterocycles. The van der Waals surface area contributed by atoms with E-state index < -0.39 is 0 Å². The molecule has 8 heteroatoms. The van der Waals surface area contributed by atoms with Gasteiger partial charge in [0.15, 0.2) is 11.5 Å². The molecule has 8 nitrogen and oxygen atoms in total. The fraction of sp³-hybridized carbons (Fsp3) is 0.579. The van der Waals surface area contributed by atoms with Crippen LogP contribution in [0.1, 0.15) is 29.6 Å². The molecule has 0 atom stereocenters. The Morgan fingerprint density at radius 1 is 1.04 bits per heavy atom. The van der Waals surface area contributed by atoms with Crippen LogP contribution in [0.3, 0.4) is 0 Å². The Hall–Kier alpha value is -2.48. The van der Waals surface area contributed by atoms with E-state index in [9.17, 15) is 9.59 Å². The van der Waals surface area contributed by atoms with Crippen LogP contribution in [0.4, 0.5) is 0 Å². The van der Waals surface area contributed by atoms with E-state index in [2.05, 4.69) is 5.32 Å². The van der Waals surface area contributed by atoms with Crippen molar-refractivity contribution in [3.05, 3.63) is 17.7 Å². The third-order valence-electron chi connectivity index (χ3n) is 4.59. The van der Waals surface area contributed by atoms with Crippen LogP contribution in [0.2, 0.25) is 0 Å². The van der Waals surface area contributed by atoms with Crippen LogP contribution in [0.15, 0.2) is 12.1 Å². The molecule has 1 fully saturated rings. The summed E-state index contributed by atoms with van der Waals surface area (Å²) in [6, 6.07) is 3.39. The van der Waals surface area contributed by atoms with Gasteiger partial charge < -0.3 is 29.2 Å². The molecule has 1 aromatic rings. The standard InChI is InChI=1S/C19H28N2O6/c1-24-10-7-17(22)20-14-5-8-21(9-6-14)19(23)13-11-15(25-2)18(27-4)16(12-13)26-3/h11-12,14H,5-10H2,1-4H3,(H,20,22). The summed E-state index contributed by atoms with van der Waals surface area (Å²) < 4.78 is 20.8. The summed E-state index contributed by atoms with van der Waals surface area (Å²) >= 11 is 0. The van der Waals surface area contributed by atoms with Gasteiger partial charge in [0.2, 0.25) is 11.7 Å². The van der Waals surface area contributed by atoms with Crippen molar-refractivity contribution in [3.63, 3.8) is 0 Å². The maximum atomic E-state index is 12.9. The number of benzene rings is 1. The molecule has 1 aliphatic rings. The van der Waals surface area contributed by atoms with E-state index in [4.69, 9.17) is 18.9 Å². The van der Waals surface area contributed by atoms with Crippen LogP contribution >= 0.6 is 0 Å². The number of nitrogens with zero attached hydrogens (tertiary/aromatic N) is 1. The summed E-state index contributed by atoms with van der Waals surface area (Å²) in [5.74, 6) is 1.22. The minimum Gasteiger partial charge on any atom is -0.493 e. The number of amides is 2. The highest BCUT2D eigenvalue weighted by Gasteiger charge is 2.26. The number of piperidine rings is 1. The fourth-order valence-corrected chi connectivity index (χ4v) is 3.11. The van der Waals surface area contributed by atoms with Crippen LogP contribution in [-0.2, 0) is 9.53 Å². The highest BCUT2D eigenvalue weighted by atomic mass is 16.5. The van der Waals surface area contributed by atoms with E-state index >= 15 is 0 Å². The normalized spacial score (nSPS) is 14.6. The van der Waals surface area contributed by atoms with E-state index in [-0.39, 0.29) is 17.9 Å². The first-order valence-corrected chi connectivity index (χ1v) is 8.91. The van der Waals surface area contributed by atoms with E-state index in [0.717, 1.165) is 12.8 Å². The Morgan fingerprint density at radius 2 is 1.63 bits per heavy atom. The number of rotatable bonds is 8. The molecule has 1 heterocycles. The van der Waals surface area contributed by atoms with Crippen LogP contribution in [0.5, 0.6) is 17.2 Å². The first-order valence-electron chi connectivity index (χ1n) is 8.91. The second-order valence-corrected chi connectivity index (χ2v) is 6.29. The zero-order chi connectivity index (χ0) is 19.8. The van der Waals surface area contributed by atoms with Gasteiger partial charge in [-0.1, -0.05) is 0 Å². The summed E-state index contributed by atoms with van der Waals surface area (Å²) in [6.45, 7) is 1.56. The SMILES string of the molecule is COCCC(=O)NC1CCN(C(=O)c2cc(OC)c(OC)c(OC)c2)CC1. The topological polar surface area (TPSA) is 86.3 Å². The van der Waals surface area contributed by atoms with Crippen LogP contribution in [0, 0.1) is 0 Å². The number of nitrogens with one attached hydrogen (secondary N) is 1. The van der Waals surface area contributed by atoms with Crippen molar-refractivity contribution in [2.45, 2.75) is 25.3 Å². The molecule has 1 saturated heterocycles. The number of likely N-dealkylation sites (tertiary alicyclic amines) is 1. The fourth-order valence-electron chi connectivity index (χ4n) is 3.11. The van der Waals surface area contributed by atoms with Crippen LogP contribution in [-0.4, -0.2) is 70.9 Å². The third-order valence-corrected chi connectivity index (χ3v) is 4.59. The Balaban J connectivity index is 2.00. The van der Waals surface area contributed by atoms with E-state index in [1.807, 2.05) is 0 Å². The first kappa shape index (κ1) is 20.8. The smallest absolute Gasteiger partial charge is 0.254 e. The van der Waals surface area contributed by atoms with E-state index in [1.165, 1.54) is 21.3 Å². The van der Waals surface area contributed by atoms with Crippen LogP contribution < -0.4 is 19.5 Å². The predicted octanol–water partition coefficient (Wildman–Crippen LogP) is 1.47. The summed E-state index contributed by atoms with van der Waals surface area (Å²) in [5, 5.41) is 2.99. The van der Waals surface area contributed by atoms with Gasteiger partial charge >= 0.3 is 0 Å². The average Bonchev–Trinajstić information content (AvgIpc) is 2.71. The van der Waals surface area contributed by atoms with Gasteiger partial charge in [0.1, 0.15) is 0 Å². The molecular formula is C19H28N2O6. The number of hydrogen-bond acceptors (Lipinski definition) is 6. The molecule has 1 aromatic carbocycles. The third kappa shape index (κ3) is 5.26. The molecule has 0 bridgehead atoms.